The fourth-order valence-corrected chi connectivity index (χ4v) is 1.53. The second-order valence-electron chi connectivity index (χ2n) is 3.61. The van der Waals surface area contributed by atoms with Gasteiger partial charge in [-0.1, -0.05) is 35.7 Å². The molecular weight excluding hydrogens is 272 g/mol. The second kappa shape index (κ2) is 10.9. The van der Waals surface area contributed by atoms with Crippen LogP contribution in [0.1, 0.15) is 39.0 Å². The quantitative estimate of drug-likeness (QED) is 0.405. The molecular formula is C11H21BrN2O2. The van der Waals surface area contributed by atoms with Crippen molar-refractivity contribution in [2.24, 2.45) is 0 Å². The molecule has 0 spiro atoms. The fourth-order valence-electron chi connectivity index (χ4n) is 1.14. The van der Waals surface area contributed by atoms with Crippen LogP contribution >= 0.6 is 15.9 Å². The molecule has 4 nitrogen and oxygen atoms in total. The first-order valence-electron chi connectivity index (χ1n) is 5.84. The number of hydrogen-bond acceptors (Lipinski definition) is 2. The topological polar surface area (TPSA) is 58.2 Å². The minimum absolute atomic E-state index is 0.519. The molecule has 0 aromatic heterocycles. The summed E-state index contributed by atoms with van der Waals surface area (Å²) in [5.41, 5.74) is 0. The van der Waals surface area contributed by atoms with E-state index in [0.29, 0.717) is 13.1 Å². The van der Waals surface area contributed by atoms with Crippen LogP contribution in [0.5, 0.6) is 0 Å². The van der Waals surface area contributed by atoms with Crippen LogP contribution in [0.15, 0.2) is 0 Å². The first kappa shape index (κ1) is 15.4. The van der Waals surface area contributed by atoms with E-state index >= 15 is 0 Å². The third-order valence-electron chi connectivity index (χ3n) is 2.12. The van der Waals surface area contributed by atoms with Crippen LogP contribution in [0.25, 0.3) is 0 Å². The molecule has 2 N–H and O–H groups in total. The van der Waals surface area contributed by atoms with Gasteiger partial charge in [0.1, 0.15) is 0 Å². The lowest BCUT2D eigenvalue weighted by molar-refractivity contribution is -0.139. The first-order chi connectivity index (χ1) is 7.72. The van der Waals surface area contributed by atoms with Crippen LogP contribution in [-0.4, -0.2) is 30.2 Å². The maximum Gasteiger partial charge on any atom is 0.309 e. The SMILES string of the molecule is CCCCNC(=O)C(=O)NCCCCCBr. The number of carbonyl (C=O) groups is 2. The Kier molecular flexibility index (Phi) is 10.5. The number of rotatable bonds is 8. The molecule has 0 bridgehead atoms. The molecule has 0 aliphatic carbocycles. The number of amides is 2. The molecule has 0 aliphatic heterocycles. The van der Waals surface area contributed by atoms with Gasteiger partial charge in [-0.05, 0) is 19.3 Å². The molecule has 0 saturated heterocycles. The Morgan fingerprint density at radius 3 is 2.00 bits per heavy atom. The summed E-state index contributed by atoms with van der Waals surface area (Å²) in [6.45, 7) is 3.19. The van der Waals surface area contributed by atoms with E-state index in [-0.39, 0.29) is 0 Å². The second-order valence-corrected chi connectivity index (χ2v) is 4.41. The lowest BCUT2D eigenvalue weighted by Crippen LogP contribution is -2.40. The Balaban J connectivity index is 3.44. The Labute approximate surface area is 106 Å². The molecule has 5 heteroatoms. The largest absolute Gasteiger partial charge is 0.348 e. The van der Waals surface area contributed by atoms with E-state index in [1.807, 2.05) is 6.92 Å². The molecule has 0 aromatic rings. The van der Waals surface area contributed by atoms with E-state index in [9.17, 15) is 9.59 Å². The van der Waals surface area contributed by atoms with Gasteiger partial charge in [-0.2, -0.15) is 0 Å². The maximum atomic E-state index is 11.2. The van der Waals surface area contributed by atoms with Gasteiger partial charge in [-0.25, -0.2) is 0 Å². The van der Waals surface area contributed by atoms with Gasteiger partial charge in [-0.15, -0.1) is 0 Å². The van der Waals surface area contributed by atoms with Gasteiger partial charge in [0.2, 0.25) is 0 Å². The number of carbonyl (C=O) groups excluding carboxylic acids is 2. The van der Waals surface area contributed by atoms with Crippen LogP contribution in [-0.2, 0) is 9.59 Å². The normalized spacial score (nSPS) is 9.88. The fraction of sp³-hybridized carbons (Fsp3) is 0.818. The highest BCUT2D eigenvalue weighted by Crippen LogP contribution is 1.96. The van der Waals surface area contributed by atoms with Crippen molar-refractivity contribution in [2.75, 3.05) is 18.4 Å². The van der Waals surface area contributed by atoms with Crippen molar-refractivity contribution in [3.63, 3.8) is 0 Å². The molecule has 0 saturated carbocycles. The van der Waals surface area contributed by atoms with Crippen molar-refractivity contribution < 1.29 is 9.59 Å². The minimum Gasteiger partial charge on any atom is -0.348 e. The minimum atomic E-state index is -0.519. The monoisotopic (exact) mass is 292 g/mol. The van der Waals surface area contributed by atoms with Crippen molar-refractivity contribution >= 4 is 27.7 Å². The van der Waals surface area contributed by atoms with Crippen LogP contribution < -0.4 is 10.6 Å². The number of alkyl halides is 1. The molecule has 0 radical (unpaired) electrons. The number of halogens is 1. The van der Waals surface area contributed by atoms with Gasteiger partial charge >= 0.3 is 11.8 Å². The summed E-state index contributed by atoms with van der Waals surface area (Å²) in [4.78, 5) is 22.4. The average molecular weight is 293 g/mol. The van der Waals surface area contributed by atoms with E-state index in [1.54, 1.807) is 0 Å². The number of hydrogen-bond donors (Lipinski definition) is 2. The van der Waals surface area contributed by atoms with Crippen LogP contribution in [0, 0.1) is 0 Å². The third kappa shape index (κ3) is 8.71. The van der Waals surface area contributed by atoms with E-state index in [1.165, 1.54) is 0 Å². The molecule has 0 fully saturated rings. The summed E-state index contributed by atoms with van der Waals surface area (Å²) in [6.07, 6.45) is 4.99. The third-order valence-corrected chi connectivity index (χ3v) is 2.68. The smallest absolute Gasteiger partial charge is 0.309 e. The predicted octanol–water partition coefficient (Wildman–Crippen LogP) is 1.58. The molecule has 0 heterocycles. The molecule has 0 unspecified atom stereocenters. The Morgan fingerprint density at radius 1 is 0.938 bits per heavy atom. The lowest BCUT2D eigenvalue weighted by Gasteiger charge is -2.05. The summed E-state index contributed by atoms with van der Waals surface area (Å²) >= 11 is 3.34. The summed E-state index contributed by atoms with van der Waals surface area (Å²) in [6, 6.07) is 0. The highest BCUT2D eigenvalue weighted by atomic mass is 79.9. The maximum absolute atomic E-state index is 11.2. The van der Waals surface area contributed by atoms with Gasteiger partial charge < -0.3 is 10.6 Å². The van der Waals surface area contributed by atoms with Crippen LogP contribution in [0.4, 0.5) is 0 Å². The van der Waals surface area contributed by atoms with Crippen molar-refractivity contribution in [1.29, 1.82) is 0 Å². The van der Waals surface area contributed by atoms with Crippen molar-refractivity contribution in [3.8, 4) is 0 Å². The molecule has 0 rings (SSSR count). The summed E-state index contributed by atoms with van der Waals surface area (Å²) in [5.74, 6) is -1.04. The van der Waals surface area contributed by atoms with Crippen molar-refractivity contribution in [2.45, 2.75) is 39.0 Å². The van der Waals surface area contributed by atoms with Gasteiger partial charge in [0.25, 0.3) is 0 Å². The first-order valence-corrected chi connectivity index (χ1v) is 6.96. The molecule has 2 amide bonds. The zero-order chi connectivity index (χ0) is 12.2. The molecule has 0 aliphatic rings. The number of unbranched alkanes of at least 4 members (excludes halogenated alkanes) is 3. The highest BCUT2D eigenvalue weighted by Gasteiger charge is 2.10. The van der Waals surface area contributed by atoms with E-state index < -0.39 is 11.8 Å². The molecule has 16 heavy (non-hydrogen) atoms. The molecule has 0 aromatic carbocycles. The number of nitrogens with one attached hydrogen (secondary N) is 2. The highest BCUT2D eigenvalue weighted by molar-refractivity contribution is 9.09. The van der Waals surface area contributed by atoms with Gasteiger partial charge in [0, 0.05) is 18.4 Å². The summed E-state index contributed by atoms with van der Waals surface area (Å²) < 4.78 is 0. The molecule has 94 valence electrons. The van der Waals surface area contributed by atoms with E-state index in [2.05, 4.69) is 26.6 Å². The predicted molar refractivity (Wildman–Crippen MR) is 68.6 cm³/mol. The van der Waals surface area contributed by atoms with Gasteiger partial charge in [0.15, 0.2) is 0 Å². The Bertz CT molecular complexity index is 210. The van der Waals surface area contributed by atoms with Crippen LogP contribution in [0.2, 0.25) is 0 Å². The zero-order valence-electron chi connectivity index (χ0n) is 9.85. The lowest BCUT2D eigenvalue weighted by atomic mass is 10.2. The van der Waals surface area contributed by atoms with Gasteiger partial charge in [0.05, 0.1) is 0 Å². The Hall–Kier alpha value is -0.580. The van der Waals surface area contributed by atoms with E-state index in [4.69, 9.17) is 0 Å². The average Bonchev–Trinajstić information content (AvgIpc) is 2.28. The van der Waals surface area contributed by atoms with Crippen LogP contribution in [0.3, 0.4) is 0 Å². The van der Waals surface area contributed by atoms with Gasteiger partial charge in [-0.3, -0.25) is 9.59 Å². The Morgan fingerprint density at radius 2 is 1.50 bits per heavy atom. The summed E-state index contributed by atoms with van der Waals surface area (Å²) in [5, 5.41) is 6.16. The zero-order valence-corrected chi connectivity index (χ0v) is 11.4. The molecule has 0 atom stereocenters. The van der Waals surface area contributed by atoms with Crippen molar-refractivity contribution in [3.05, 3.63) is 0 Å². The standard InChI is InChI=1S/C11H21BrN2O2/c1-2-3-8-13-10(15)11(16)14-9-6-4-5-7-12/h2-9H2,1H3,(H,13,15)(H,14,16). The van der Waals surface area contributed by atoms with Crippen molar-refractivity contribution in [1.82, 2.24) is 10.6 Å². The summed E-state index contributed by atoms with van der Waals surface area (Å²) in [7, 11) is 0. The van der Waals surface area contributed by atoms with E-state index in [0.717, 1.165) is 37.4 Å².